The molecule has 0 aliphatic carbocycles. The Morgan fingerprint density at radius 2 is 1.71 bits per heavy atom. The van der Waals surface area contributed by atoms with Gasteiger partial charge in [-0.15, -0.1) is 0 Å². The fourth-order valence-electron chi connectivity index (χ4n) is 3.04. The molecule has 2 aromatic rings. The molecule has 182 valence electrons. The van der Waals surface area contributed by atoms with Gasteiger partial charge in [-0.3, -0.25) is 0 Å². The van der Waals surface area contributed by atoms with Crippen LogP contribution in [0.15, 0.2) is 52.5 Å². The molecule has 6 nitrogen and oxygen atoms in total. The summed E-state index contributed by atoms with van der Waals surface area (Å²) < 4.78 is 23.1. The molecular weight excluding hydrogens is 500 g/mol. The fraction of sp³-hybridized carbons (Fsp3) is 0.370. The third kappa shape index (κ3) is 9.12. The highest BCUT2D eigenvalue weighted by Gasteiger charge is 2.18. The van der Waals surface area contributed by atoms with Crippen molar-refractivity contribution < 1.29 is 28.8 Å². The molecular formula is C27H31BrO6. The maximum Gasteiger partial charge on any atom is 0.333 e. The summed E-state index contributed by atoms with van der Waals surface area (Å²) in [5.41, 5.74) is 2.53. The van der Waals surface area contributed by atoms with Gasteiger partial charge in [-0.25, -0.2) is 4.79 Å². The molecule has 0 amide bonds. The van der Waals surface area contributed by atoms with Crippen LogP contribution in [0.25, 0.3) is 0 Å². The van der Waals surface area contributed by atoms with Crippen LogP contribution in [0.1, 0.15) is 38.8 Å². The Morgan fingerprint density at radius 3 is 2.26 bits per heavy atom. The zero-order chi connectivity index (χ0) is 24.9. The Labute approximate surface area is 210 Å². The Hall–Kier alpha value is -2.95. The first-order valence-electron chi connectivity index (χ1n) is 11.2. The second-order valence-corrected chi connectivity index (χ2v) is 8.11. The summed E-state index contributed by atoms with van der Waals surface area (Å²) in [5, 5.41) is 9.26. The van der Waals surface area contributed by atoms with Crippen molar-refractivity contribution in [2.24, 2.45) is 0 Å². The first-order valence-corrected chi connectivity index (χ1v) is 12.0. The Balaban J connectivity index is 2.01. The summed E-state index contributed by atoms with van der Waals surface area (Å²) in [5.74, 6) is 7.42. The van der Waals surface area contributed by atoms with Crippen LogP contribution in [0.4, 0.5) is 0 Å². The predicted molar refractivity (Wildman–Crippen MR) is 136 cm³/mol. The minimum Gasteiger partial charge on any atom is -0.494 e. The molecule has 0 aliphatic heterocycles. The van der Waals surface area contributed by atoms with Crippen LogP contribution in [-0.4, -0.2) is 43.6 Å². The summed E-state index contributed by atoms with van der Waals surface area (Å²) in [7, 11) is 0. The zero-order valence-corrected chi connectivity index (χ0v) is 21.6. The van der Waals surface area contributed by atoms with Crippen LogP contribution < -0.4 is 14.2 Å². The van der Waals surface area contributed by atoms with E-state index in [9.17, 15) is 9.90 Å². The minimum atomic E-state index is -0.973. The number of ether oxygens (including phenoxy) is 4. The number of carbonyl (C=O) groups is 1. The van der Waals surface area contributed by atoms with E-state index in [2.05, 4.69) is 27.8 Å². The normalized spacial score (nSPS) is 11.9. The number of halogens is 1. The average Bonchev–Trinajstić information content (AvgIpc) is 2.79. The third-order valence-corrected chi connectivity index (χ3v) is 5.21. The maximum atomic E-state index is 11.3. The highest BCUT2D eigenvalue weighted by atomic mass is 79.9. The number of rotatable bonds is 12. The van der Waals surface area contributed by atoms with E-state index in [1.165, 1.54) is 0 Å². The van der Waals surface area contributed by atoms with Gasteiger partial charge in [0.05, 0.1) is 17.7 Å². The SMILES string of the molecule is CCOc1cc(C#CC(C)=CCOc2ccc(C[C@H](OCC)C(=O)O)cc2Br)cc(OCC)c1. The number of hydrogen-bond donors (Lipinski definition) is 1. The molecule has 7 heteroatoms. The molecule has 2 aromatic carbocycles. The van der Waals surface area contributed by atoms with Crippen molar-refractivity contribution in [3.63, 3.8) is 0 Å². The van der Waals surface area contributed by atoms with Crippen LogP contribution in [0.2, 0.25) is 0 Å². The molecule has 34 heavy (non-hydrogen) atoms. The largest absolute Gasteiger partial charge is 0.494 e. The molecule has 0 saturated carbocycles. The van der Waals surface area contributed by atoms with Crippen molar-refractivity contribution in [3.05, 3.63) is 63.6 Å². The van der Waals surface area contributed by atoms with Gasteiger partial charge in [0.1, 0.15) is 23.9 Å². The Kier molecular flexibility index (Phi) is 11.5. The van der Waals surface area contributed by atoms with Crippen molar-refractivity contribution in [2.45, 2.75) is 40.2 Å². The molecule has 0 saturated heterocycles. The van der Waals surface area contributed by atoms with Crippen LogP contribution in [0.3, 0.4) is 0 Å². The van der Waals surface area contributed by atoms with Gasteiger partial charge in [-0.2, -0.15) is 0 Å². The van der Waals surface area contributed by atoms with Gasteiger partial charge >= 0.3 is 5.97 Å². The molecule has 0 fully saturated rings. The van der Waals surface area contributed by atoms with Gasteiger partial charge in [0.2, 0.25) is 0 Å². The minimum absolute atomic E-state index is 0.284. The molecule has 2 rings (SSSR count). The van der Waals surface area contributed by atoms with E-state index in [1.807, 2.05) is 63.2 Å². The fourth-order valence-corrected chi connectivity index (χ4v) is 3.58. The smallest absolute Gasteiger partial charge is 0.333 e. The second-order valence-electron chi connectivity index (χ2n) is 7.26. The summed E-state index contributed by atoms with van der Waals surface area (Å²) in [4.78, 5) is 11.3. The summed E-state index contributed by atoms with van der Waals surface area (Å²) >= 11 is 3.49. The van der Waals surface area contributed by atoms with Crippen molar-refractivity contribution in [1.29, 1.82) is 0 Å². The molecule has 1 atom stereocenters. The van der Waals surface area contributed by atoms with Crippen LogP contribution in [0.5, 0.6) is 17.2 Å². The molecule has 1 N–H and O–H groups in total. The van der Waals surface area contributed by atoms with Gasteiger partial charge in [0.25, 0.3) is 0 Å². The molecule has 0 aromatic heterocycles. The molecule has 0 bridgehead atoms. The first kappa shape index (κ1) is 27.3. The lowest BCUT2D eigenvalue weighted by Gasteiger charge is -2.13. The summed E-state index contributed by atoms with van der Waals surface area (Å²) in [6, 6.07) is 11.1. The van der Waals surface area contributed by atoms with E-state index in [-0.39, 0.29) is 6.42 Å². The zero-order valence-electron chi connectivity index (χ0n) is 20.0. The lowest BCUT2D eigenvalue weighted by Crippen LogP contribution is -2.26. The van der Waals surface area contributed by atoms with Crippen molar-refractivity contribution in [2.75, 3.05) is 26.4 Å². The monoisotopic (exact) mass is 530 g/mol. The van der Waals surface area contributed by atoms with Crippen molar-refractivity contribution in [1.82, 2.24) is 0 Å². The molecule has 0 spiro atoms. The molecule has 0 radical (unpaired) electrons. The van der Waals surface area contributed by atoms with Crippen molar-refractivity contribution >= 4 is 21.9 Å². The van der Waals surface area contributed by atoms with E-state index in [0.29, 0.717) is 32.2 Å². The Morgan fingerprint density at radius 1 is 1.03 bits per heavy atom. The quantitative estimate of drug-likeness (QED) is 0.357. The highest BCUT2D eigenvalue weighted by Crippen LogP contribution is 2.27. The standard InChI is InChI=1S/C27H31BrO6/c1-5-31-22-14-20(15-23(18-22)32-6-2)9-8-19(4)12-13-34-25-11-10-21(16-24(25)28)17-26(27(29)30)33-7-3/h10-12,14-16,18,26H,5-7,13,17H2,1-4H3,(H,29,30)/t26-/m0/s1. The number of carboxylic acids is 1. The van der Waals surface area contributed by atoms with Crippen LogP contribution in [0, 0.1) is 11.8 Å². The number of aliphatic carboxylic acids is 1. The summed E-state index contributed by atoms with van der Waals surface area (Å²) in [6.07, 6.45) is 1.32. The van der Waals surface area contributed by atoms with Gasteiger partial charge in [-0.1, -0.05) is 17.9 Å². The van der Waals surface area contributed by atoms with Crippen molar-refractivity contribution in [3.8, 4) is 29.1 Å². The molecule has 0 heterocycles. The number of carboxylic acid groups (broad SMARTS) is 1. The summed E-state index contributed by atoms with van der Waals surface area (Å²) in [6.45, 7) is 9.40. The highest BCUT2D eigenvalue weighted by molar-refractivity contribution is 9.10. The third-order valence-electron chi connectivity index (χ3n) is 4.60. The lowest BCUT2D eigenvalue weighted by atomic mass is 10.1. The number of benzene rings is 2. The van der Waals surface area contributed by atoms with E-state index in [1.54, 1.807) is 6.92 Å². The Bertz CT molecular complexity index is 1030. The van der Waals surface area contributed by atoms with E-state index in [4.69, 9.17) is 18.9 Å². The second kappa shape index (κ2) is 14.3. The number of hydrogen-bond acceptors (Lipinski definition) is 5. The first-order chi connectivity index (χ1) is 16.4. The van der Waals surface area contributed by atoms with Crippen LogP contribution >= 0.6 is 15.9 Å². The van der Waals surface area contributed by atoms with Gasteiger partial charge < -0.3 is 24.1 Å². The predicted octanol–water partition coefficient (Wildman–Crippen LogP) is 5.66. The van der Waals surface area contributed by atoms with Crippen LogP contribution in [-0.2, 0) is 16.0 Å². The van der Waals surface area contributed by atoms with E-state index >= 15 is 0 Å². The van der Waals surface area contributed by atoms with E-state index < -0.39 is 12.1 Å². The average molecular weight is 531 g/mol. The van der Waals surface area contributed by atoms with Gasteiger partial charge in [0, 0.05) is 24.7 Å². The number of allylic oxidation sites excluding steroid dienone is 1. The van der Waals surface area contributed by atoms with E-state index in [0.717, 1.165) is 32.7 Å². The maximum absolute atomic E-state index is 11.3. The van der Waals surface area contributed by atoms with Gasteiger partial charge in [0.15, 0.2) is 6.10 Å². The topological polar surface area (TPSA) is 74.2 Å². The molecule has 0 aliphatic rings. The molecule has 0 unspecified atom stereocenters. The lowest BCUT2D eigenvalue weighted by molar-refractivity contribution is -0.149. The van der Waals surface area contributed by atoms with Gasteiger partial charge in [-0.05, 0) is 85.1 Å².